The van der Waals surface area contributed by atoms with Gasteiger partial charge in [-0.3, -0.25) is 0 Å². The van der Waals surface area contributed by atoms with Crippen molar-refractivity contribution < 1.29 is 9.53 Å². The molecule has 0 spiro atoms. The molecule has 0 aliphatic carbocycles. The van der Waals surface area contributed by atoms with E-state index < -0.39 is 0 Å². The first-order valence-corrected chi connectivity index (χ1v) is 7.43. The highest BCUT2D eigenvalue weighted by Gasteiger charge is 2.05. The molecule has 0 amide bonds. The fourth-order valence-electron chi connectivity index (χ4n) is 2.14. The Morgan fingerprint density at radius 1 is 0.857 bits per heavy atom. The van der Waals surface area contributed by atoms with E-state index in [9.17, 15) is 4.79 Å². The third kappa shape index (κ3) is 3.09. The van der Waals surface area contributed by atoms with Crippen LogP contribution < -0.4 is 0 Å². The zero-order valence-corrected chi connectivity index (χ0v) is 12.4. The molecule has 0 aliphatic rings. The van der Waals surface area contributed by atoms with Gasteiger partial charge >= 0.3 is 5.97 Å². The molecule has 2 nitrogen and oxygen atoms in total. The summed E-state index contributed by atoms with van der Waals surface area (Å²) in [6, 6.07) is 22.2. The van der Waals surface area contributed by atoms with E-state index in [1.807, 2.05) is 24.3 Å². The van der Waals surface area contributed by atoms with E-state index in [-0.39, 0.29) is 5.97 Å². The highest BCUT2D eigenvalue weighted by atomic mass is 32.2. The average Bonchev–Trinajstić information content (AvgIpc) is 2.55. The van der Waals surface area contributed by atoms with Crippen molar-refractivity contribution in [3.8, 4) is 0 Å². The second-order valence-electron chi connectivity index (χ2n) is 4.63. The lowest BCUT2D eigenvalue weighted by Gasteiger charge is -2.05. The molecule has 0 bridgehead atoms. The minimum absolute atomic E-state index is 0.308. The summed E-state index contributed by atoms with van der Waals surface area (Å²) in [5.74, 6) is -0.308. The summed E-state index contributed by atoms with van der Waals surface area (Å²) in [6.45, 7) is 0. The summed E-state index contributed by atoms with van der Waals surface area (Å²) in [6.07, 6.45) is 0. The molecule has 0 heterocycles. The molecule has 0 saturated heterocycles. The van der Waals surface area contributed by atoms with Gasteiger partial charge in [0.2, 0.25) is 0 Å². The Balaban J connectivity index is 1.83. The van der Waals surface area contributed by atoms with Gasteiger partial charge in [-0.25, -0.2) is 4.79 Å². The van der Waals surface area contributed by atoms with Crippen molar-refractivity contribution in [3.05, 3.63) is 72.3 Å². The molecule has 104 valence electrons. The number of ether oxygens (including phenoxy) is 1. The van der Waals surface area contributed by atoms with Crippen molar-refractivity contribution in [2.24, 2.45) is 0 Å². The largest absolute Gasteiger partial charge is 0.465 e. The minimum atomic E-state index is -0.308. The number of benzene rings is 3. The maximum atomic E-state index is 11.4. The third-order valence-electron chi connectivity index (χ3n) is 3.23. The number of esters is 1. The normalized spacial score (nSPS) is 10.5. The van der Waals surface area contributed by atoms with Crippen molar-refractivity contribution in [2.45, 2.75) is 9.79 Å². The Bertz CT molecular complexity index is 779. The zero-order chi connectivity index (χ0) is 14.7. The predicted octanol–water partition coefficient (Wildman–Crippen LogP) is 4.78. The number of carbonyl (C=O) groups excluding carboxylic acids is 1. The fourth-order valence-corrected chi connectivity index (χ4v) is 3.01. The smallest absolute Gasteiger partial charge is 0.337 e. The second-order valence-corrected chi connectivity index (χ2v) is 5.77. The van der Waals surface area contributed by atoms with Gasteiger partial charge in [0.1, 0.15) is 0 Å². The summed E-state index contributed by atoms with van der Waals surface area (Å²) < 4.78 is 4.70. The van der Waals surface area contributed by atoms with Gasteiger partial charge in [-0.1, -0.05) is 42.1 Å². The monoisotopic (exact) mass is 294 g/mol. The number of fused-ring (bicyclic) bond motifs is 1. The molecule has 0 saturated carbocycles. The molecule has 0 aromatic heterocycles. The van der Waals surface area contributed by atoms with E-state index in [1.54, 1.807) is 23.9 Å². The van der Waals surface area contributed by atoms with Crippen LogP contribution in [0.1, 0.15) is 10.4 Å². The summed E-state index contributed by atoms with van der Waals surface area (Å²) >= 11 is 1.68. The van der Waals surface area contributed by atoms with Gasteiger partial charge in [0.05, 0.1) is 12.7 Å². The van der Waals surface area contributed by atoms with E-state index in [1.165, 1.54) is 22.8 Å². The second kappa shape index (κ2) is 6.02. The SMILES string of the molecule is COC(=O)c1ccc(Sc2ccc3ccccc3c2)cc1. The maximum absolute atomic E-state index is 11.4. The lowest BCUT2D eigenvalue weighted by Crippen LogP contribution is -2.00. The number of carbonyl (C=O) groups is 1. The first-order chi connectivity index (χ1) is 10.3. The Labute approximate surface area is 127 Å². The molecule has 0 fully saturated rings. The molecule has 3 heteroatoms. The van der Waals surface area contributed by atoms with Gasteiger partial charge < -0.3 is 4.74 Å². The van der Waals surface area contributed by atoms with Crippen molar-refractivity contribution >= 4 is 28.5 Å². The van der Waals surface area contributed by atoms with E-state index in [2.05, 4.69) is 30.3 Å². The first kappa shape index (κ1) is 13.7. The van der Waals surface area contributed by atoms with Crippen LogP contribution in [-0.2, 0) is 4.74 Å². The van der Waals surface area contributed by atoms with Crippen LogP contribution >= 0.6 is 11.8 Å². The molecular formula is C18H14O2S. The van der Waals surface area contributed by atoms with Gasteiger partial charge in [-0.2, -0.15) is 0 Å². The highest BCUT2D eigenvalue weighted by Crippen LogP contribution is 2.30. The first-order valence-electron chi connectivity index (χ1n) is 6.61. The highest BCUT2D eigenvalue weighted by molar-refractivity contribution is 7.99. The Hall–Kier alpha value is -2.26. The molecule has 0 atom stereocenters. The Morgan fingerprint density at radius 2 is 1.52 bits per heavy atom. The fraction of sp³-hybridized carbons (Fsp3) is 0.0556. The molecule has 3 rings (SSSR count). The van der Waals surface area contributed by atoms with E-state index >= 15 is 0 Å². The van der Waals surface area contributed by atoms with Crippen LogP contribution in [0.25, 0.3) is 10.8 Å². The van der Waals surface area contributed by atoms with Crippen molar-refractivity contribution in [1.82, 2.24) is 0 Å². The number of methoxy groups -OCH3 is 1. The summed E-state index contributed by atoms with van der Waals surface area (Å²) in [7, 11) is 1.39. The Kier molecular flexibility index (Phi) is 3.93. The quantitative estimate of drug-likeness (QED) is 0.650. The van der Waals surface area contributed by atoms with Crippen molar-refractivity contribution in [2.75, 3.05) is 7.11 Å². The van der Waals surface area contributed by atoms with Crippen molar-refractivity contribution in [3.63, 3.8) is 0 Å². The van der Waals surface area contributed by atoms with Crippen LogP contribution in [0.5, 0.6) is 0 Å². The van der Waals surface area contributed by atoms with Crippen LogP contribution in [0.2, 0.25) is 0 Å². The van der Waals surface area contributed by atoms with Crippen LogP contribution in [0, 0.1) is 0 Å². The van der Waals surface area contributed by atoms with E-state index in [0.717, 1.165) is 4.90 Å². The number of hydrogen-bond acceptors (Lipinski definition) is 3. The predicted molar refractivity (Wildman–Crippen MR) is 85.9 cm³/mol. The van der Waals surface area contributed by atoms with Gasteiger partial charge in [0, 0.05) is 9.79 Å². The van der Waals surface area contributed by atoms with Crippen LogP contribution in [0.4, 0.5) is 0 Å². The Morgan fingerprint density at radius 3 is 2.24 bits per heavy atom. The zero-order valence-electron chi connectivity index (χ0n) is 11.6. The number of rotatable bonds is 3. The molecule has 3 aromatic rings. The lowest BCUT2D eigenvalue weighted by molar-refractivity contribution is 0.0600. The molecule has 21 heavy (non-hydrogen) atoms. The molecule has 0 unspecified atom stereocenters. The van der Waals surface area contributed by atoms with Gasteiger partial charge in [0.25, 0.3) is 0 Å². The van der Waals surface area contributed by atoms with Crippen LogP contribution in [0.3, 0.4) is 0 Å². The summed E-state index contributed by atoms with van der Waals surface area (Å²) in [4.78, 5) is 13.7. The minimum Gasteiger partial charge on any atom is -0.465 e. The average molecular weight is 294 g/mol. The van der Waals surface area contributed by atoms with Crippen LogP contribution in [0.15, 0.2) is 76.5 Å². The topological polar surface area (TPSA) is 26.3 Å². The molecule has 0 radical (unpaired) electrons. The van der Waals surface area contributed by atoms with Crippen molar-refractivity contribution in [1.29, 1.82) is 0 Å². The number of hydrogen-bond donors (Lipinski definition) is 0. The summed E-state index contributed by atoms with van der Waals surface area (Å²) in [5.41, 5.74) is 0.570. The van der Waals surface area contributed by atoms with Crippen LogP contribution in [-0.4, -0.2) is 13.1 Å². The standard InChI is InChI=1S/C18H14O2S/c1-20-18(19)14-7-9-16(10-8-14)21-17-11-6-13-4-2-3-5-15(13)12-17/h2-12H,1H3. The van der Waals surface area contributed by atoms with Gasteiger partial charge in [-0.15, -0.1) is 0 Å². The molecule has 0 N–H and O–H groups in total. The summed E-state index contributed by atoms with van der Waals surface area (Å²) in [5, 5.41) is 2.47. The molecular weight excluding hydrogens is 280 g/mol. The molecule has 3 aromatic carbocycles. The van der Waals surface area contributed by atoms with E-state index in [0.29, 0.717) is 5.56 Å². The van der Waals surface area contributed by atoms with Gasteiger partial charge in [-0.05, 0) is 47.2 Å². The van der Waals surface area contributed by atoms with Gasteiger partial charge in [0.15, 0.2) is 0 Å². The van der Waals surface area contributed by atoms with E-state index in [4.69, 9.17) is 4.74 Å². The third-order valence-corrected chi connectivity index (χ3v) is 4.23. The lowest BCUT2D eigenvalue weighted by atomic mass is 10.1. The molecule has 0 aliphatic heterocycles. The maximum Gasteiger partial charge on any atom is 0.337 e.